The molecule has 7 nitrogen and oxygen atoms in total. The number of piperazine rings is 1. The Balaban J connectivity index is 1.23. The maximum Gasteiger partial charge on any atom is 0.233 e. The number of nitrogens with zero attached hydrogens (tertiary/aromatic N) is 6. The Morgan fingerprint density at radius 3 is 2.54 bits per heavy atom. The minimum atomic E-state index is 0.184. The van der Waals surface area contributed by atoms with Gasteiger partial charge < -0.3 is 4.90 Å². The van der Waals surface area contributed by atoms with Gasteiger partial charge in [0.15, 0.2) is 11.0 Å². The van der Waals surface area contributed by atoms with Gasteiger partial charge in [-0.15, -0.1) is 10.2 Å². The van der Waals surface area contributed by atoms with E-state index < -0.39 is 0 Å². The summed E-state index contributed by atoms with van der Waals surface area (Å²) < 4.78 is 2.29. The molecule has 0 bridgehead atoms. The summed E-state index contributed by atoms with van der Waals surface area (Å²) in [6.45, 7) is 6.64. The van der Waals surface area contributed by atoms with Gasteiger partial charge in [0.1, 0.15) is 0 Å². The number of rotatable bonds is 7. The number of amides is 1. The Hall–Kier alpha value is -2.71. The molecule has 1 aliphatic heterocycles. The molecular formula is C27H34N6OS. The first-order valence-electron chi connectivity index (χ1n) is 12.7. The van der Waals surface area contributed by atoms with Gasteiger partial charge in [-0.25, -0.2) is 0 Å². The molecule has 184 valence electrons. The van der Waals surface area contributed by atoms with Crippen molar-refractivity contribution in [2.45, 2.75) is 50.4 Å². The van der Waals surface area contributed by atoms with Crippen LogP contribution in [0.4, 0.5) is 0 Å². The number of carbonyl (C=O) groups excluding carboxylic acids is 1. The fourth-order valence-corrected chi connectivity index (χ4v) is 6.16. The summed E-state index contributed by atoms with van der Waals surface area (Å²) in [5.74, 6) is 2.00. The van der Waals surface area contributed by atoms with E-state index in [1.807, 2.05) is 29.3 Å². The van der Waals surface area contributed by atoms with E-state index in [2.05, 4.69) is 55.8 Å². The molecule has 0 radical (unpaired) electrons. The number of carbonyl (C=O) groups is 1. The molecule has 8 heteroatoms. The minimum Gasteiger partial charge on any atom is -0.339 e. The molecule has 0 unspecified atom stereocenters. The number of thioether (sulfide) groups is 1. The van der Waals surface area contributed by atoms with Crippen molar-refractivity contribution in [2.24, 2.45) is 5.92 Å². The third-order valence-corrected chi connectivity index (χ3v) is 8.21. The van der Waals surface area contributed by atoms with Crippen LogP contribution in [0.3, 0.4) is 0 Å². The zero-order valence-corrected chi connectivity index (χ0v) is 21.2. The number of pyridine rings is 1. The summed E-state index contributed by atoms with van der Waals surface area (Å²) in [5.41, 5.74) is 2.30. The summed E-state index contributed by atoms with van der Waals surface area (Å²) in [6, 6.07) is 14.9. The molecule has 1 aliphatic carbocycles. The molecule has 2 aromatic heterocycles. The Labute approximate surface area is 211 Å². The second kappa shape index (κ2) is 11.4. The van der Waals surface area contributed by atoms with Crippen molar-refractivity contribution in [3.8, 4) is 11.4 Å². The predicted molar refractivity (Wildman–Crippen MR) is 139 cm³/mol. The predicted octanol–water partition coefficient (Wildman–Crippen LogP) is 4.53. The van der Waals surface area contributed by atoms with Crippen LogP contribution in [0.2, 0.25) is 0 Å². The van der Waals surface area contributed by atoms with Crippen LogP contribution in [0, 0.1) is 5.92 Å². The maximum absolute atomic E-state index is 13.1. The van der Waals surface area contributed by atoms with Crippen molar-refractivity contribution in [3.05, 3.63) is 60.4 Å². The fourth-order valence-electron chi connectivity index (χ4n) is 5.26. The van der Waals surface area contributed by atoms with Crippen LogP contribution in [0.15, 0.2) is 60.0 Å². The van der Waals surface area contributed by atoms with Crippen molar-refractivity contribution in [1.82, 2.24) is 29.5 Å². The third-order valence-electron chi connectivity index (χ3n) is 7.28. The highest BCUT2D eigenvalue weighted by molar-refractivity contribution is 7.99. The minimum absolute atomic E-state index is 0.184. The van der Waals surface area contributed by atoms with E-state index in [0.29, 0.717) is 17.7 Å². The fraction of sp³-hybridized carbons (Fsp3) is 0.481. The largest absolute Gasteiger partial charge is 0.339 e. The molecule has 0 N–H and O–H groups in total. The van der Waals surface area contributed by atoms with E-state index >= 15 is 0 Å². The summed E-state index contributed by atoms with van der Waals surface area (Å²) in [5, 5.41) is 9.95. The third kappa shape index (κ3) is 5.76. The van der Waals surface area contributed by atoms with Gasteiger partial charge in [0, 0.05) is 56.7 Å². The van der Waals surface area contributed by atoms with E-state index in [1.165, 1.54) is 36.6 Å². The van der Waals surface area contributed by atoms with Gasteiger partial charge >= 0.3 is 0 Å². The molecule has 1 amide bonds. The quantitative estimate of drug-likeness (QED) is 0.454. The standard InChI is InChI=1S/C27H34N6OS/c1-21-8-5-6-12-24(21)33-26(23-11-7-13-28-18-23)29-30-27(33)35-20-25(34)32-16-14-31(15-17-32)19-22-9-3-2-4-10-22/h2-4,7,9-11,13,18,21,24H,5-6,8,12,14-17,19-20H2,1H3/t21-,24-/m0/s1. The topological polar surface area (TPSA) is 67.2 Å². The molecule has 2 fully saturated rings. The van der Waals surface area contributed by atoms with Gasteiger partial charge in [-0.05, 0) is 36.5 Å². The van der Waals surface area contributed by atoms with Gasteiger partial charge in [-0.3, -0.25) is 19.2 Å². The molecule has 2 aliphatic rings. The Morgan fingerprint density at radius 2 is 1.80 bits per heavy atom. The smallest absolute Gasteiger partial charge is 0.233 e. The zero-order chi connectivity index (χ0) is 24.0. The van der Waals surface area contributed by atoms with E-state index in [-0.39, 0.29) is 5.91 Å². The first-order valence-corrected chi connectivity index (χ1v) is 13.7. The normalized spacial score (nSPS) is 21.2. The van der Waals surface area contributed by atoms with Crippen LogP contribution in [0.1, 0.15) is 44.2 Å². The summed E-state index contributed by atoms with van der Waals surface area (Å²) in [4.78, 5) is 21.8. The number of aromatic nitrogens is 4. The highest BCUT2D eigenvalue weighted by atomic mass is 32.2. The van der Waals surface area contributed by atoms with Crippen molar-refractivity contribution in [1.29, 1.82) is 0 Å². The number of benzene rings is 1. The van der Waals surface area contributed by atoms with Crippen LogP contribution in [-0.2, 0) is 11.3 Å². The lowest BCUT2D eigenvalue weighted by Gasteiger charge is -2.35. The Kier molecular flexibility index (Phi) is 7.79. The van der Waals surface area contributed by atoms with E-state index in [0.717, 1.165) is 55.7 Å². The second-order valence-electron chi connectivity index (χ2n) is 9.68. The second-order valence-corrected chi connectivity index (χ2v) is 10.6. The molecule has 5 rings (SSSR count). The van der Waals surface area contributed by atoms with Crippen LogP contribution in [-0.4, -0.2) is 67.4 Å². The Morgan fingerprint density at radius 1 is 1.00 bits per heavy atom. The zero-order valence-electron chi connectivity index (χ0n) is 20.4. The molecule has 3 aromatic rings. The molecule has 2 atom stereocenters. The van der Waals surface area contributed by atoms with E-state index in [4.69, 9.17) is 0 Å². The monoisotopic (exact) mass is 490 g/mol. The first-order chi connectivity index (χ1) is 17.2. The highest BCUT2D eigenvalue weighted by Gasteiger charge is 2.29. The van der Waals surface area contributed by atoms with Crippen LogP contribution in [0.5, 0.6) is 0 Å². The van der Waals surface area contributed by atoms with Gasteiger partial charge in [0.05, 0.1) is 5.75 Å². The van der Waals surface area contributed by atoms with Gasteiger partial charge in [0.25, 0.3) is 0 Å². The van der Waals surface area contributed by atoms with Crippen molar-refractivity contribution in [2.75, 3.05) is 31.9 Å². The first kappa shape index (κ1) is 24.0. The van der Waals surface area contributed by atoms with Crippen LogP contribution >= 0.6 is 11.8 Å². The average molecular weight is 491 g/mol. The van der Waals surface area contributed by atoms with Crippen molar-refractivity contribution >= 4 is 17.7 Å². The van der Waals surface area contributed by atoms with Crippen molar-refractivity contribution < 1.29 is 4.79 Å². The van der Waals surface area contributed by atoms with Crippen LogP contribution < -0.4 is 0 Å². The van der Waals surface area contributed by atoms with Gasteiger partial charge in [-0.1, -0.05) is 61.9 Å². The summed E-state index contributed by atoms with van der Waals surface area (Å²) >= 11 is 1.53. The molecular weight excluding hydrogens is 456 g/mol. The SMILES string of the molecule is C[C@H]1CCCC[C@@H]1n1c(SCC(=O)N2CCN(Cc3ccccc3)CC2)nnc1-c1cccnc1. The van der Waals surface area contributed by atoms with E-state index in [9.17, 15) is 4.79 Å². The summed E-state index contributed by atoms with van der Waals surface area (Å²) in [6.07, 6.45) is 8.46. The lowest BCUT2D eigenvalue weighted by atomic mass is 9.85. The summed E-state index contributed by atoms with van der Waals surface area (Å²) in [7, 11) is 0. The lowest BCUT2D eigenvalue weighted by Crippen LogP contribution is -2.48. The molecule has 35 heavy (non-hydrogen) atoms. The van der Waals surface area contributed by atoms with Crippen molar-refractivity contribution in [3.63, 3.8) is 0 Å². The average Bonchev–Trinajstić information content (AvgIpc) is 3.33. The number of hydrogen-bond donors (Lipinski definition) is 0. The Bertz CT molecular complexity index is 1100. The molecule has 1 aromatic carbocycles. The lowest BCUT2D eigenvalue weighted by molar-refractivity contribution is -0.130. The molecule has 0 spiro atoms. The van der Waals surface area contributed by atoms with Gasteiger partial charge in [-0.2, -0.15) is 0 Å². The molecule has 1 saturated heterocycles. The number of hydrogen-bond acceptors (Lipinski definition) is 6. The maximum atomic E-state index is 13.1. The molecule has 1 saturated carbocycles. The molecule has 3 heterocycles. The van der Waals surface area contributed by atoms with E-state index in [1.54, 1.807) is 6.20 Å². The van der Waals surface area contributed by atoms with Gasteiger partial charge in [0.2, 0.25) is 5.91 Å². The highest BCUT2D eigenvalue weighted by Crippen LogP contribution is 2.38. The van der Waals surface area contributed by atoms with Crippen LogP contribution in [0.25, 0.3) is 11.4 Å².